The Labute approximate surface area is 308 Å². The number of rotatable bonds is 39. The maximum absolute atomic E-state index is 12.7. The number of phosphoric acid groups is 1. The average Bonchev–Trinajstić information content (AvgIpc) is 3.10. The van der Waals surface area contributed by atoms with Crippen LogP contribution in [0, 0.1) is 0 Å². The number of allylic oxidation sites excluding steroid dienone is 3. The van der Waals surface area contributed by atoms with Gasteiger partial charge in [-0.25, -0.2) is 4.57 Å². The first-order valence-electron chi connectivity index (χ1n) is 21.0. The molecule has 8 nitrogen and oxygen atoms in total. The number of hydrogen-bond acceptors (Lipinski definition) is 6. The highest BCUT2D eigenvalue weighted by molar-refractivity contribution is 7.47. The first-order valence-corrected chi connectivity index (χ1v) is 22.5. The highest BCUT2D eigenvalue weighted by Crippen LogP contribution is 2.43. The fraction of sp³-hybridized carbons (Fsp3) is 0.878. The van der Waals surface area contributed by atoms with Crippen LogP contribution in [-0.2, 0) is 18.4 Å². The summed E-state index contributed by atoms with van der Waals surface area (Å²) < 4.78 is 22.1. The molecule has 50 heavy (non-hydrogen) atoms. The van der Waals surface area contributed by atoms with Crippen molar-refractivity contribution in [3.63, 3.8) is 0 Å². The number of unbranched alkanes of at least 4 members (excludes halogenated alkanes) is 25. The molecule has 0 aromatic rings. The van der Waals surface area contributed by atoms with Crippen molar-refractivity contribution in [2.45, 2.75) is 212 Å². The third kappa shape index (κ3) is 35.4. The van der Waals surface area contributed by atoms with Crippen molar-refractivity contribution >= 4 is 13.7 Å². The second-order valence-electron chi connectivity index (χ2n) is 14.2. The van der Waals surface area contributed by atoms with Crippen LogP contribution in [0.4, 0.5) is 0 Å². The second-order valence-corrected chi connectivity index (χ2v) is 15.7. The van der Waals surface area contributed by atoms with Gasteiger partial charge < -0.3 is 21.1 Å². The summed E-state index contributed by atoms with van der Waals surface area (Å²) in [5.74, 6) is -0.203. The van der Waals surface area contributed by atoms with Gasteiger partial charge in [-0.3, -0.25) is 13.8 Å². The van der Waals surface area contributed by atoms with Gasteiger partial charge in [0.1, 0.15) is 0 Å². The van der Waals surface area contributed by atoms with E-state index in [1.165, 1.54) is 141 Å². The van der Waals surface area contributed by atoms with E-state index in [2.05, 4.69) is 31.3 Å². The minimum Gasteiger partial charge on any atom is -0.387 e. The van der Waals surface area contributed by atoms with Gasteiger partial charge in [0, 0.05) is 13.0 Å². The summed E-state index contributed by atoms with van der Waals surface area (Å²) in [6.07, 6.45) is 42.2. The van der Waals surface area contributed by atoms with Crippen LogP contribution < -0.4 is 11.1 Å². The maximum Gasteiger partial charge on any atom is 0.472 e. The molecule has 3 atom stereocenters. The van der Waals surface area contributed by atoms with E-state index in [0.717, 1.165) is 38.5 Å². The van der Waals surface area contributed by atoms with Gasteiger partial charge in [0.15, 0.2) is 0 Å². The van der Waals surface area contributed by atoms with Gasteiger partial charge >= 0.3 is 7.82 Å². The van der Waals surface area contributed by atoms with E-state index in [1.807, 2.05) is 6.08 Å². The largest absolute Gasteiger partial charge is 0.472 e. The molecular weight excluding hydrogens is 647 g/mol. The number of hydrogen-bond donors (Lipinski definition) is 4. The lowest BCUT2D eigenvalue weighted by molar-refractivity contribution is -0.123. The molecule has 0 heterocycles. The molecule has 0 radical (unpaired) electrons. The van der Waals surface area contributed by atoms with Crippen molar-refractivity contribution in [1.29, 1.82) is 0 Å². The first kappa shape index (κ1) is 49.0. The van der Waals surface area contributed by atoms with Crippen molar-refractivity contribution in [2.75, 3.05) is 19.8 Å². The van der Waals surface area contributed by atoms with E-state index in [-0.39, 0.29) is 25.7 Å². The SMILES string of the molecule is CCCCCCCCCCCC/C=C/CC/C=C/C(O)C(COP(=O)(O)OCCN)NC(=O)CCCCCCCCCCCCCCCCC. The van der Waals surface area contributed by atoms with Crippen LogP contribution in [0.5, 0.6) is 0 Å². The number of amides is 1. The zero-order valence-electron chi connectivity index (χ0n) is 32.6. The van der Waals surface area contributed by atoms with E-state index in [9.17, 15) is 19.4 Å². The summed E-state index contributed by atoms with van der Waals surface area (Å²) in [7, 11) is -4.34. The Hall–Kier alpha value is -1.02. The van der Waals surface area contributed by atoms with Gasteiger partial charge in [-0.1, -0.05) is 186 Å². The Morgan fingerprint density at radius 3 is 1.54 bits per heavy atom. The van der Waals surface area contributed by atoms with E-state index in [1.54, 1.807) is 6.08 Å². The Morgan fingerprint density at radius 1 is 0.640 bits per heavy atom. The number of aliphatic hydroxyl groups is 1. The minimum atomic E-state index is -4.34. The number of phosphoric ester groups is 1. The molecule has 0 spiro atoms. The zero-order valence-corrected chi connectivity index (χ0v) is 33.5. The number of carbonyl (C=O) groups is 1. The quantitative estimate of drug-likeness (QED) is 0.0281. The molecule has 3 unspecified atom stereocenters. The lowest BCUT2D eigenvalue weighted by Gasteiger charge is -2.23. The maximum atomic E-state index is 12.7. The molecule has 0 aliphatic carbocycles. The van der Waals surface area contributed by atoms with Gasteiger partial charge in [0.25, 0.3) is 0 Å². The molecule has 5 N–H and O–H groups in total. The molecule has 0 saturated heterocycles. The molecule has 0 bridgehead atoms. The van der Waals surface area contributed by atoms with Crippen molar-refractivity contribution in [3.05, 3.63) is 24.3 Å². The Bertz CT molecular complexity index is 840. The number of nitrogens with two attached hydrogens (primary N) is 1. The molecule has 0 aliphatic rings. The van der Waals surface area contributed by atoms with Crippen LogP contribution in [0.15, 0.2) is 24.3 Å². The predicted molar refractivity (Wildman–Crippen MR) is 212 cm³/mol. The summed E-state index contributed by atoms with van der Waals surface area (Å²) in [6, 6.07) is -0.871. The number of nitrogens with one attached hydrogen (secondary N) is 1. The van der Waals surface area contributed by atoms with Crippen LogP contribution in [0.3, 0.4) is 0 Å². The van der Waals surface area contributed by atoms with Crippen LogP contribution >= 0.6 is 7.82 Å². The summed E-state index contributed by atoms with van der Waals surface area (Å²) in [5.41, 5.74) is 5.36. The summed E-state index contributed by atoms with van der Waals surface area (Å²) in [6.45, 7) is 4.12. The van der Waals surface area contributed by atoms with E-state index in [0.29, 0.717) is 6.42 Å². The molecule has 0 saturated carbocycles. The summed E-state index contributed by atoms with van der Waals surface area (Å²) in [4.78, 5) is 22.6. The smallest absolute Gasteiger partial charge is 0.387 e. The predicted octanol–water partition coefficient (Wildman–Crippen LogP) is 11.4. The van der Waals surface area contributed by atoms with Crippen molar-refractivity contribution in [1.82, 2.24) is 5.32 Å². The molecule has 9 heteroatoms. The normalized spacial score (nSPS) is 14.4. The Balaban J connectivity index is 4.28. The summed E-state index contributed by atoms with van der Waals surface area (Å²) >= 11 is 0. The Kier molecular flexibility index (Phi) is 37.0. The van der Waals surface area contributed by atoms with Gasteiger partial charge in [-0.2, -0.15) is 0 Å². The fourth-order valence-corrected chi connectivity index (χ4v) is 6.85. The van der Waals surface area contributed by atoms with Crippen molar-refractivity contribution < 1.29 is 28.4 Å². The van der Waals surface area contributed by atoms with Crippen LogP contribution in [0.2, 0.25) is 0 Å². The molecule has 1 amide bonds. The lowest BCUT2D eigenvalue weighted by Crippen LogP contribution is -2.45. The first-order chi connectivity index (χ1) is 24.4. The monoisotopic (exact) mass is 729 g/mol. The fourth-order valence-electron chi connectivity index (χ4n) is 6.09. The molecular formula is C41H81N2O6P. The third-order valence-corrected chi connectivity index (χ3v) is 10.3. The van der Waals surface area contributed by atoms with Gasteiger partial charge in [-0.15, -0.1) is 0 Å². The van der Waals surface area contributed by atoms with Gasteiger partial charge in [-0.05, 0) is 32.1 Å². The number of aliphatic hydroxyl groups excluding tert-OH is 1. The highest BCUT2D eigenvalue weighted by atomic mass is 31.2. The zero-order chi connectivity index (χ0) is 36.8. The molecule has 0 aromatic heterocycles. The third-order valence-electron chi connectivity index (χ3n) is 9.28. The van der Waals surface area contributed by atoms with Gasteiger partial charge in [0.05, 0.1) is 25.4 Å². The number of carbonyl (C=O) groups excluding carboxylic acids is 1. The van der Waals surface area contributed by atoms with Crippen molar-refractivity contribution in [2.24, 2.45) is 5.73 Å². The molecule has 0 rings (SSSR count). The summed E-state index contributed by atoms with van der Waals surface area (Å²) in [5, 5.41) is 13.6. The van der Waals surface area contributed by atoms with Crippen LogP contribution in [0.25, 0.3) is 0 Å². The minimum absolute atomic E-state index is 0.0758. The second kappa shape index (κ2) is 37.7. The van der Waals surface area contributed by atoms with Crippen molar-refractivity contribution in [3.8, 4) is 0 Å². The average molecular weight is 729 g/mol. The molecule has 296 valence electrons. The van der Waals surface area contributed by atoms with Crippen LogP contribution in [-0.4, -0.2) is 47.8 Å². The molecule has 0 aromatic carbocycles. The highest BCUT2D eigenvalue weighted by Gasteiger charge is 2.26. The Morgan fingerprint density at radius 2 is 1.06 bits per heavy atom. The van der Waals surface area contributed by atoms with E-state index in [4.69, 9.17) is 14.8 Å². The standard InChI is InChI=1S/C41H81N2O6P/c1-3-5-7-9-11-13-15-17-19-21-22-24-26-28-30-32-34-40(44)39(38-49-50(46,47)48-37-36-42)43-41(45)35-33-31-29-27-25-23-20-18-16-14-12-10-8-6-4-2/h24,26,32,34,39-40,44H,3-23,25,27-31,33,35-38,42H2,1-2H3,(H,43,45)(H,46,47)/b26-24+,34-32+. The topological polar surface area (TPSA) is 131 Å². The lowest BCUT2D eigenvalue weighted by atomic mass is 10.0. The van der Waals surface area contributed by atoms with E-state index >= 15 is 0 Å². The van der Waals surface area contributed by atoms with Gasteiger partial charge in [0.2, 0.25) is 5.91 Å². The van der Waals surface area contributed by atoms with Crippen LogP contribution in [0.1, 0.15) is 200 Å². The molecule has 0 fully saturated rings. The van der Waals surface area contributed by atoms with E-state index < -0.39 is 20.0 Å². The molecule has 0 aliphatic heterocycles.